The summed E-state index contributed by atoms with van der Waals surface area (Å²) in [5.41, 5.74) is 0.285. The predicted molar refractivity (Wildman–Crippen MR) is 94.8 cm³/mol. The Morgan fingerprint density at radius 2 is 1.75 bits per heavy atom. The van der Waals surface area contributed by atoms with E-state index in [1.165, 1.54) is 11.3 Å². The Morgan fingerprint density at radius 1 is 1.17 bits per heavy atom. The van der Waals surface area contributed by atoms with Crippen LogP contribution < -0.4 is 4.90 Å². The molecule has 2 saturated heterocycles. The highest BCUT2D eigenvalue weighted by Gasteiger charge is 2.38. The van der Waals surface area contributed by atoms with Crippen LogP contribution in [0.25, 0.3) is 0 Å². The molecule has 2 heterocycles. The third-order valence-electron chi connectivity index (χ3n) is 5.98. The lowest BCUT2D eigenvalue weighted by atomic mass is 9.84. The number of aliphatic hydroxyl groups is 1. The molecule has 0 aliphatic carbocycles. The quantitative estimate of drug-likeness (QED) is 0.878. The summed E-state index contributed by atoms with van der Waals surface area (Å²) in [5.74, 6) is 0.287. The van der Waals surface area contributed by atoms with Gasteiger partial charge in [-0.3, -0.25) is 4.79 Å². The molecule has 1 aromatic rings. The third kappa shape index (κ3) is 3.65. The first kappa shape index (κ1) is 17.4. The van der Waals surface area contributed by atoms with Gasteiger partial charge in [-0.2, -0.15) is 0 Å². The van der Waals surface area contributed by atoms with Crippen LogP contribution in [0.2, 0.25) is 0 Å². The second-order valence-electron chi connectivity index (χ2n) is 7.75. The van der Waals surface area contributed by atoms with Crippen LogP contribution >= 0.6 is 0 Å². The zero-order valence-corrected chi connectivity index (χ0v) is 15.0. The van der Waals surface area contributed by atoms with Gasteiger partial charge in [-0.05, 0) is 38.7 Å². The molecule has 4 nitrogen and oxygen atoms in total. The molecule has 2 aliphatic heterocycles. The van der Waals surface area contributed by atoms with Crippen molar-refractivity contribution in [3.8, 4) is 0 Å². The number of likely N-dealkylation sites (tertiary alicyclic amines) is 2. The van der Waals surface area contributed by atoms with E-state index >= 15 is 0 Å². The van der Waals surface area contributed by atoms with Gasteiger partial charge in [-0.1, -0.05) is 30.3 Å². The largest absolute Gasteiger partial charge is 0.385 e. The number of hydrogen-bond acceptors (Lipinski definition) is 2. The van der Waals surface area contributed by atoms with Crippen LogP contribution in [0.1, 0.15) is 51.5 Å². The fourth-order valence-electron chi connectivity index (χ4n) is 4.45. The van der Waals surface area contributed by atoms with Crippen LogP contribution in [0, 0.1) is 0 Å². The van der Waals surface area contributed by atoms with E-state index in [2.05, 4.69) is 18.7 Å². The molecule has 0 aromatic heterocycles. The van der Waals surface area contributed by atoms with E-state index in [-0.39, 0.29) is 5.91 Å². The van der Waals surface area contributed by atoms with Gasteiger partial charge in [0.25, 0.3) is 5.91 Å². The Morgan fingerprint density at radius 3 is 2.33 bits per heavy atom. The molecule has 1 amide bonds. The number of benzene rings is 1. The zero-order chi connectivity index (χ0) is 17.2. The fraction of sp³-hybridized carbons (Fsp3) is 0.650. The van der Waals surface area contributed by atoms with Gasteiger partial charge >= 0.3 is 0 Å². The molecular formula is C20H31N2O2+. The molecule has 0 saturated carbocycles. The van der Waals surface area contributed by atoms with E-state index in [0.29, 0.717) is 18.6 Å². The van der Waals surface area contributed by atoms with Crippen molar-refractivity contribution in [2.45, 2.75) is 63.6 Å². The number of piperidine rings is 2. The first-order valence-electron chi connectivity index (χ1n) is 9.42. The summed E-state index contributed by atoms with van der Waals surface area (Å²) in [5, 5.41) is 10.9. The molecule has 0 radical (unpaired) electrons. The van der Waals surface area contributed by atoms with Crippen LogP contribution in [0.15, 0.2) is 30.3 Å². The molecular weight excluding hydrogens is 300 g/mol. The van der Waals surface area contributed by atoms with Gasteiger partial charge < -0.3 is 14.9 Å². The monoisotopic (exact) mass is 331 g/mol. The van der Waals surface area contributed by atoms with Crippen LogP contribution in [-0.2, 0) is 10.4 Å². The van der Waals surface area contributed by atoms with Gasteiger partial charge in [0.05, 0.1) is 13.1 Å². The van der Waals surface area contributed by atoms with Gasteiger partial charge in [0.1, 0.15) is 5.60 Å². The summed E-state index contributed by atoms with van der Waals surface area (Å²) in [7, 11) is 0. The molecule has 3 rings (SSSR count). The van der Waals surface area contributed by atoms with Crippen LogP contribution in [0.3, 0.4) is 0 Å². The number of nitrogens with one attached hydrogen (secondary N) is 1. The van der Waals surface area contributed by atoms with Gasteiger partial charge in [0, 0.05) is 24.9 Å². The maximum absolute atomic E-state index is 12.8. The van der Waals surface area contributed by atoms with Crippen molar-refractivity contribution in [3.05, 3.63) is 35.9 Å². The second kappa shape index (κ2) is 7.24. The molecule has 2 N–H and O–H groups in total. The van der Waals surface area contributed by atoms with E-state index in [1.807, 2.05) is 30.3 Å². The Bertz CT molecular complexity index is 542. The van der Waals surface area contributed by atoms with E-state index < -0.39 is 5.60 Å². The van der Waals surface area contributed by atoms with Crippen molar-refractivity contribution < 1.29 is 14.8 Å². The Balaban J connectivity index is 1.56. The minimum atomic E-state index is -0.723. The average molecular weight is 331 g/mol. The highest BCUT2D eigenvalue weighted by Crippen LogP contribution is 2.29. The highest BCUT2D eigenvalue weighted by molar-refractivity contribution is 5.77. The van der Waals surface area contributed by atoms with Gasteiger partial charge in [-0.15, -0.1) is 0 Å². The van der Waals surface area contributed by atoms with Crippen molar-refractivity contribution in [2.24, 2.45) is 0 Å². The van der Waals surface area contributed by atoms with Crippen molar-refractivity contribution in [2.75, 3.05) is 19.6 Å². The minimum absolute atomic E-state index is 0.287. The summed E-state index contributed by atoms with van der Waals surface area (Å²) in [4.78, 5) is 16.2. The number of amides is 1. The Hall–Kier alpha value is -1.39. The van der Waals surface area contributed by atoms with Crippen molar-refractivity contribution in [1.29, 1.82) is 0 Å². The molecule has 1 aromatic carbocycles. The topological polar surface area (TPSA) is 45.0 Å². The van der Waals surface area contributed by atoms with E-state index in [0.717, 1.165) is 44.3 Å². The summed E-state index contributed by atoms with van der Waals surface area (Å²) in [6, 6.07) is 10.7. The van der Waals surface area contributed by atoms with E-state index in [4.69, 9.17) is 0 Å². The number of carbonyl (C=O) groups excluding carboxylic acids is 1. The molecule has 132 valence electrons. The van der Waals surface area contributed by atoms with Crippen LogP contribution in [0.4, 0.5) is 0 Å². The second-order valence-corrected chi connectivity index (χ2v) is 7.75. The first-order valence-corrected chi connectivity index (χ1v) is 9.42. The number of rotatable bonds is 3. The maximum Gasteiger partial charge on any atom is 0.278 e. The van der Waals surface area contributed by atoms with E-state index in [9.17, 15) is 9.90 Å². The standard InChI is InChI=1S/C20H30N2O2/c1-16-7-6-8-17(2)22(16)19(23)15-21-13-11-20(24,12-14-21)18-9-4-3-5-10-18/h3-5,9-10,16-17,24H,6-8,11-15H2,1-2H3/p+1/t16-,17-/m0/s1. The number of quaternary nitrogens is 1. The molecule has 2 aliphatic rings. The number of hydrogen-bond donors (Lipinski definition) is 2. The highest BCUT2D eigenvalue weighted by atomic mass is 16.3. The number of carbonyl (C=O) groups is 1. The fourth-order valence-corrected chi connectivity index (χ4v) is 4.45. The summed E-state index contributed by atoms with van der Waals surface area (Å²) in [6.45, 7) is 6.63. The van der Waals surface area contributed by atoms with Crippen molar-refractivity contribution in [3.63, 3.8) is 0 Å². The van der Waals surface area contributed by atoms with Gasteiger partial charge in [-0.25, -0.2) is 0 Å². The molecule has 0 spiro atoms. The molecule has 2 atom stereocenters. The average Bonchev–Trinajstić information content (AvgIpc) is 2.58. The Labute approximate surface area is 145 Å². The smallest absolute Gasteiger partial charge is 0.278 e. The minimum Gasteiger partial charge on any atom is -0.385 e. The molecule has 24 heavy (non-hydrogen) atoms. The SMILES string of the molecule is C[C@H]1CCC[C@H](C)N1C(=O)C[NH+]1CCC(O)(c2ccccc2)CC1. The van der Waals surface area contributed by atoms with Crippen LogP contribution in [0.5, 0.6) is 0 Å². The van der Waals surface area contributed by atoms with Crippen molar-refractivity contribution in [1.82, 2.24) is 4.90 Å². The third-order valence-corrected chi connectivity index (χ3v) is 5.98. The Kier molecular flexibility index (Phi) is 5.26. The first-order chi connectivity index (χ1) is 11.5. The lowest BCUT2D eigenvalue weighted by molar-refractivity contribution is -0.900. The van der Waals surface area contributed by atoms with Gasteiger partial charge in [0.15, 0.2) is 6.54 Å². The van der Waals surface area contributed by atoms with Crippen molar-refractivity contribution >= 4 is 5.91 Å². The predicted octanol–water partition coefficient (Wildman–Crippen LogP) is 1.34. The lowest BCUT2D eigenvalue weighted by Crippen LogP contribution is -3.14. The number of nitrogens with zero attached hydrogens (tertiary/aromatic N) is 1. The zero-order valence-electron chi connectivity index (χ0n) is 15.0. The summed E-state index contributed by atoms with van der Waals surface area (Å²) >= 11 is 0. The van der Waals surface area contributed by atoms with Crippen LogP contribution in [-0.4, -0.2) is 47.6 Å². The van der Waals surface area contributed by atoms with Gasteiger partial charge in [0.2, 0.25) is 0 Å². The van der Waals surface area contributed by atoms with E-state index in [1.54, 1.807) is 0 Å². The molecule has 4 heteroatoms. The maximum atomic E-state index is 12.8. The molecule has 0 bridgehead atoms. The summed E-state index contributed by atoms with van der Waals surface area (Å²) < 4.78 is 0. The molecule has 0 unspecified atom stereocenters. The molecule has 2 fully saturated rings. The lowest BCUT2D eigenvalue weighted by Gasteiger charge is -2.41. The normalized spacial score (nSPS) is 34.1. The summed E-state index contributed by atoms with van der Waals surface area (Å²) in [6.07, 6.45) is 4.93.